The molecule has 0 unspecified atom stereocenters. The van der Waals surface area contributed by atoms with Crippen LogP contribution in [0.3, 0.4) is 0 Å². The summed E-state index contributed by atoms with van der Waals surface area (Å²) in [5, 5.41) is 6.70. The van der Waals surface area contributed by atoms with Gasteiger partial charge in [-0.1, -0.05) is 12.1 Å². The normalized spacial score (nSPS) is 12.7. The van der Waals surface area contributed by atoms with Gasteiger partial charge in [0.15, 0.2) is 5.69 Å². The maximum absolute atomic E-state index is 13.9. The minimum absolute atomic E-state index is 0.105. The molecule has 0 spiro atoms. The number of amides is 1. The zero-order valence-corrected chi connectivity index (χ0v) is 15.8. The van der Waals surface area contributed by atoms with Crippen LogP contribution >= 0.6 is 0 Å². The third kappa shape index (κ3) is 3.16. The Balaban J connectivity index is 1.53. The molecule has 150 valence electrons. The first-order valence-electron chi connectivity index (χ1n) is 9.55. The summed E-state index contributed by atoms with van der Waals surface area (Å²) in [7, 11) is 0. The van der Waals surface area contributed by atoms with E-state index in [1.54, 1.807) is 23.3 Å². The Kier molecular flexibility index (Phi) is 4.39. The van der Waals surface area contributed by atoms with Gasteiger partial charge >= 0.3 is 0 Å². The lowest BCUT2D eigenvalue weighted by Gasteiger charge is -2.10. The van der Waals surface area contributed by atoms with E-state index < -0.39 is 23.2 Å². The van der Waals surface area contributed by atoms with Gasteiger partial charge in [-0.2, -0.15) is 5.10 Å². The van der Waals surface area contributed by atoms with Crippen molar-refractivity contribution in [2.24, 2.45) is 0 Å². The van der Waals surface area contributed by atoms with Crippen LogP contribution in [0.2, 0.25) is 0 Å². The fourth-order valence-corrected chi connectivity index (χ4v) is 3.72. The van der Waals surface area contributed by atoms with Gasteiger partial charge in [-0.05, 0) is 48.7 Å². The molecule has 0 bridgehead atoms. The van der Waals surface area contributed by atoms with Crippen LogP contribution in [0.25, 0.3) is 16.9 Å². The summed E-state index contributed by atoms with van der Waals surface area (Å²) in [6.07, 6.45) is 7.05. The van der Waals surface area contributed by atoms with Crippen molar-refractivity contribution in [2.75, 3.05) is 5.32 Å². The van der Waals surface area contributed by atoms with Crippen LogP contribution in [0.15, 0.2) is 61.2 Å². The molecule has 0 radical (unpaired) electrons. The summed E-state index contributed by atoms with van der Waals surface area (Å²) >= 11 is 0. The summed E-state index contributed by atoms with van der Waals surface area (Å²) in [6.45, 7) is 0.645. The van der Waals surface area contributed by atoms with Gasteiger partial charge in [0.1, 0.15) is 17.3 Å². The number of aryl methyl sites for hydroxylation is 2. The Morgan fingerprint density at radius 2 is 1.93 bits per heavy atom. The summed E-state index contributed by atoms with van der Waals surface area (Å²) in [4.78, 5) is 16.7. The average molecular weight is 405 g/mol. The second kappa shape index (κ2) is 7.22. The third-order valence-corrected chi connectivity index (χ3v) is 5.20. The number of halogens is 2. The molecule has 4 aromatic rings. The lowest BCUT2D eigenvalue weighted by molar-refractivity contribution is 0.102. The summed E-state index contributed by atoms with van der Waals surface area (Å²) in [6, 6.07) is 11.2. The predicted octanol–water partition coefficient (Wildman–Crippen LogP) is 4.21. The number of fused-ring (bicyclic) bond motifs is 3. The molecule has 0 saturated heterocycles. The molecule has 3 heterocycles. The second-order valence-corrected chi connectivity index (χ2v) is 7.10. The molecular formula is C22H17F2N5O. The van der Waals surface area contributed by atoms with E-state index in [-0.39, 0.29) is 5.69 Å². The quantitative estimate of drug-likeness (QED) is 0.555. The van der Waals surface area contributed by atoms with Crippen molar-refractivity contribution in [3.05, 3.63) is 84.1 Å². The van der Waals surface area contributed by atoms with E-state index in [9.17, 15) is 13.6 Å². The van der Waals surface area contributed by atoms with Crippen LogP contribution < -0.4 is 5.32 Å². The molecule has 0 atom stereocenters. The van der Waals surface area contributed by atoms with Gasteiger partial charge in [0.2, 0.25) is 0 Å². The molecule has 6 nitrogen and oxygen atoms in total. The molecular weight excluding hydrogens is 388 g/mol. The van der Waals surface area contributed by atoms with Crippen molar-refractivity contribution >= 4 is 11.6 Å². The molecule has 8 heteroatoms. The zero-order valence-electron chi connectivity index (χ0n) is 15.8. The van der Waals surface area contributed by atoms with Gasteiger partial charge in [-0.25, -0.2) is 13.8 Å². The van der Waals surface area contributed by atoms with Crippen LogP contribution in [0.1, 0.15) is 22.5 Å². The predicted molar refractivity (Wildman–Crippen MR) is 107 cm³/mol. The summed E-state index contributed by atoms with van der Waals surface area (Å²) in [5.74, 6) is -2.33. The molecule has 1 aliphatic heterocycles. The van der Waals surface area contributed by atoms with Gasteiger partial charge < -0.3 is 9.88 Å². The van der Waals surface area contributed by atoms with Crippen molar-refractivity contribution < 1.29 is 13.6 Å². The Morgan fingerprint density at radius 1 is 1.10 bits per heavy atom. The van der Waals surface area contributed by atoms with Gasteiger partial charge in [-0.3, -0.25) is 9.48 Å². The summed E-state index contributed by atoms with van der Waals surface area (Å²) < 4.78 is 31.5. The van der Waals surface area contributed by atoms with Crippen molar-refractivity contribution in [1.82, 2.24) is 19.3 Å². The zero-order chi connectivity index (χ0) is 20.7. The Labute approximate surface area is 170 Å². The number of carbonyl (C=O) groups is 1. The number of nitrogens with one attached hydrogen (secondary N) is 1. The number of hydrogen-bond acceptors (Lipinski definition) is 3. The maximum Gasteiger partial charge on any atom is 0.276 e. The van der Waals surface area contributed by atoms with E-state index in [1.807, 2.05) is 22.9 Å². The minimum atomic E-state index is -0.834. The Bertz CT molecular complexity index is 1230. The standard InChI is InChI=1S/C22H17F2N5O/c23-17-4-1-5-18(24)21(17)26-22(30)19-12-20-16-11-15(28-10-8-25-13-28)7-6-14(16)3-2-9-29(20)27-19/h1,4-8,10-13H,2-3,9H2,(H,26,30). The van der Waals surface area contributed by atoms with Crippen LogP contribution in [-0.4, -0.2) is 25.2 Å². The van der Waals surface area contributed by atoms with Gasteiger partial charge in [0.25, 0.3) is 5.91 Å². The van der Waals surface area contributed by atoms with Gasteiger partial charge in [0, 0.05) is 30.2 Å². The molecule has 0 aliphatic carbocycles. The molecule has 1 aliphatic rings. The molecule has 2 aromatic carbocycles. The molecule has 0 fully saturated rings. The Hall–Kier alpha value is -3.81. The van der Waals surface area contributed by atoms with Crippen molar-refractivity contribution in [2.45, 2.75) is 19.4 Å². The number of anilines is 1. The fraction of sp³-hybridized carbons (Fsp3) is 0.136. The lowest BCUT2D eigenvalue weighted by atomic mass is 10.0. The first-order chi connectivity index (χ1) is 14.6. The largest absolute Gasteiger partial charge is 0.316 e. The highest BCUT2D eigenvalue weighted by molar-refractivity contribution is 6.03. The average Bonchev–Trinajstić information content (AvgIpc) is 3.39. The van der Waals surface area contributed by atoms with Gasteiger partial charge in [-0.15, -0.1) is 0 Å². The van der Waals surface area contributed by atoms with E-state index in [0.717, 1.165) is 47.5 Å². The molecule has 30 heavy (non-hydrogen) atoms. The van der Waals surface area contributed by atoms with Crippen LogP contribution in [0.5, 0.6) is 0 Å². The number of para-hydroxylation sites is 1. The molecule has 2 aromatic heterocycles. The van der Waals surface area contributed by atoms with Crippen LogP contribution in [0.4, 0.5) is 14.5 Å². The van der Waals surface area contributed by atoms with Crippen LogP contribution in [-0.2, 0) is 13.0 Å². The lowest BCUT2D eigenvalue weighted by Crippen LogP contribution is -2.15. The van der Waals surface area contributed by atoms with E-state index in [4.69, 9.17) is 0 Å². The highest BCUT2D eigenvalue weighted by atomic mass is 19.1. The first-order valence-corrected chi connectivity index (χ1v) is 9.55. The molecule has 1 amide bonds. The number of rotatable bonds is 3. The van der Waals surface area contributed by atoms with E-state index >= 15 is 0 Å². The second-order valence-electron chi connectivity index (χ2n) is 7.10. The molecule has 0 saturated carbocycles. The van der Waals surface area contributed by atoms with E-state index in [1.165, 1.54) is 6.07 Å². The number of nitrogens with zero attached hydrogens (tertiary/aromatic N) is 4. The number of benzene rings is 2. The van der Waals surface area contributed by atoms with Crippen LogP contribution in [0, 0.1) is 11.6 Å². The van der Waals surface area contributed by atoms with Crippen molar-refractivity contribution in [1.29, 1.82) is 0 Å². The van der Waals surface area contributed by atoms with Crippen molar-refractivity contribution in [3.63, 3.8) is 0 Å². The molecule has 1 N–H and O–H groups in total. The number of aromatic nitrogens is 4. The first kappa shape index (κ1) is 18.2. The van der Waals surface area contributed by atoms with Gasteiger partial charge in [0.05, 0.1) is 12.0 Å². The number of hydrogen-bond donors (Lipinski definition) is 1. The van der Waals surface area contributed by atoms with E-state index in [0.29, 0.717) is 6.54 Å². The Morgan fingerprint density at radius 3 is 2.70 bits per heavy atom. The maximum atomic E-state index is 13.9. The summed E-state index contributed by atoms with van der Waals surface area (Å²) in [5.41, 5.74) is 3.50. The highest BCUT2D eigenvalue weighted by Crippen LogP contribution is 2.31. The monoisotopic (exact) mass is 405 g/mol. The smallest absolute Gasteiger partial charge is 0.276 e. The number of carbonyl (C=O) groups excluding carboxylic acids is 1. The number of imidazole rings is 1. The fourth-order valence-electron chi connectivity index (χ4n) is 3.72. The molecule has 5 rings (SSSR count). The topological polar surface area (TPSA) is 64.7 Å². The highest BCUT2D eigenvalue weighted by Gasteiger charge is 2.22. The minimum Gasteiger partial charge on any atom is -0.316 e. The van der Waals surface area contributed by atoms with Crippen molar-refractivity contribution in [3.8, 4) is 16.9 Å². The SMILES string of the molecule is O=C(Nc1c(F)cccc1F)c1cc2n(n1)CCCc1ccc(-n3ccnc3)cc1-2. The van der Waals surface area contributed by atoms with E-state index in [2.05, 4.69) is 21.5 Å². The third-order valence-electron chi connectivity index (χ3n) is 5.20.